The topological polar surface area (TPSA) is 44.9 Å². The number of H-pyrrole nitrogens is 1. The molecule has 2 aromatic carbocycles. The fourth-order valence-corrected chi connectivity index (χ4v) is 2.79. The van der Waals surface area contributed by atoms with Gasteiger partial charge in [-0.1, -0.05) is 18.2 Å². The Morgan fingerprint density at radius 1 is 1.12 bits per heavy atom. The minimum Gasteiger partial charge on any atom is -0.361 e. The zero-order valence-corrected chi connectivity index (χ0v) is 13.7. The molecule has 3 nitrogen and oxygen atoms in total. The van der Waals surface area contributed by atoms with Crippen molar-refractivity contribution in [2.75, 3.05) is 0 Å². The van der Waals surface area contributed by atoms with Gasteiger partial charge in [-0.25, -0.2) is 4.39 Å². The molecule has 3 aromatic rings. The Kier molecular flexibility index (Phi) is 4.97. The third-order valence-corrected chi connectivity index (χ3v) is 4.07. The Morgan fingerprint density at radius 3 is 2.65 bits per heavy atom. The number of aromatic nitrogens is 1. The minimum atomic E-state index is -4.63. The number of aromatic amines is 1. The van der Waals surface area contributed by atoms with Crippen LogP contribution in [0, 0.1) is 5.82 Å². The molecule has 1 aromatic heterocycles. The average molecular weight is 364 g/mol. The number of alkyl halides is 3. The smallest absolute Gasteiger partial charge is 0.361 e. The van der Waals surface area contributed by atoms with Crippen molar-refractivity contribution >= 4 is 16.8 Å². The van der Waals surface area contributed by atoms with Gasteiger partial charge in [0.2, 0.25) is 5.91 Å². The van der Waals surface area contributed by atoms with E-state index in [1.54, 1.807) is 0 Å². The van der Waals surface area contributed by atoms with Crippen LogP contribution in [0.5, 0.6) is 0 Å². The van der Waals surface area contributed by atoms with E-state index in [0.717, 1.165) is 28.6 Å². The van der Waals surface area contributed by atoms with Crippen LogP contribution in [0.25, 0.3) is 10.9 Å². The van der Waals surface area contributed by atoms with Crippen molar-refractivity contribution in [2.24, 2.45) is 0 Å². The molecule has 136 valence electrons. The Hall–Kier alpha value is -2.83. The lowest BCUT2D eigenvalue weighted by Gasteiger charge is -2.10. The fraction of sp³-hybridized carbons (Fsp3) is 0.211. The summed E-state index contributed by atoms with van der Waals surface area (Å²) < 4.78 is 51.4. The van der Waals surface area contributed by atoms with E-state index in [1.165, 1.54) is 0 Å². The highest BCUT2D eigenvalue weighted by molar-refractivity contribution is 5.84. The Labute approximate surface area is 147 Å². The van der Waals surface area contributed by atoms with Crippen LogP contribution in [-0.2, 0) is 23.9 Å². The molecular weight excluding hydrogens is 348 g/mol. The number of halogens is 4. The van der Waals surface area contributed by atoms with Crippen LogP contribution in [0.4, 0.5) is 17.6 Å². The third kappa shape index (κ3) is 4.22. The zero-order valence-electron chi connectivity index (χ0n) is 13.7. The van der Waals surface area contributed by atoms with E-state index >= 15 is 0 Å². The summed E-state index contributed by atoms with van der Waals surface area (Å²) in [7, 11) is 0. The SMILES string of the molecule is O=C(CCc1c[nH]c2ccccc12)NCc1cc(F)cc(C(F)(F)F)c1. The van der Waals surface area contributed by atoms with E-state index in [-0.39, 0.29) is 24.4 Å². The highest BCUT2D eigenvalue weighted by Gasteiger charge is 2.31. The van der Waals surface area contributed by atoms with E-state index in [2.05, 4.69) is 10.3 Å². The number of nitrogens with one attached hydrogen (secondary N) is 2. The zero-order chi connectivity index (χ0) is 18.7. The maximum absolute atomic E-state index is 13.3. The number of aryl methyl sites for hydroxylation is 1. The van der Waals surface area contributed by atoms with Gasteiger partial charge in [0.25, 0.3) is 0 Å². The summed E-state index contributed by atoms with van der Waals surface area (Å²) in [5.41, 5.74) is 0.960. The first-order chi connectivity index (χ1) is 12.3. The molecule has 26 heavy (non-hydrogen) atoms. The summed E-state index contributed by atoms with van der Waals surface area (Å²) >= 11 is 0. The molecule has 0 aliphatic rings. The second-order valence-electron chi connectivity index (χ2n) is 5.98. The van der Waals surface area contributed by atoms with Gasteiger partial charge in [0.15, 0.2) is 0 Å². The number of hydrogen-bond acceptors (Lipinski definition) is 1. The van der Waals surface area contributed by atoms with Crippen LogP contribution in [0.2, 0.25) is 0 Å². The maximum Gasteiger partial charge on any atom is 0.416 e. The van der Waals surface area contributed by atoms with E-state index in [1.807, 2.05) is 30.5 Å². The largest absolute Gasteiger partial charge is 0.416 e. The van der Waals surface area contributed by atoms with Crippen molar-refractivity contribution < 1.29 is 22.4 Å². The minimum absolute atomic E-state index is 0.0674. The molecule has 1 amide bonds. The standard InChI is InChI=1S/C19H16F4N2O/c20-15-8-12(7-14(9-15)19(21,22)23)10-25-18(26)6-5-13-11-24-17-4-2-1-3-16(13)17/h1-4,7-9,11,24H,5-6,10H2,(H,25,26). The normalized spacial score (nSPS) is 11.7. The molecule has 1 heterocycles. The van der Waals surface area contributed by atoms with Gasteiger partial charge < -0.3 is 10.3 Å². The van der Waals surface area contributed by atoms with Crippen LogP contribution in [0.15, 0.2) is 48.7 Å². The first-order valence-corrected chi connectivity index (χ1v) is 8.01. The van der Waals surface area contributed by atoms with Crippen molar-refractivity contribution in [1.29, 1.82) is 0 Å². The highest BCUT2D eigenvalue weighted by atomic mass is 19.4. The maximum atomic E-state index is 13.3. The number of hydrogen-bond donors (Lipinski definition) is 2. The van der Waals surface area contributed by atoms with Crippen LogP contribution in [0.3, 0.4) is 0 Å². The summed E-state index contributed by atoms with van der Waals surface area (Å²) in [6.45, 7) is -0.159. The predicted molar refractivity (Wildman–Crippen MR) is 89.9 cm³/mol. The molecule has 0 radical (unpaired) electrons. The number of fused-ring (bicyclic) bond motifs is 1. The van der Waals surface area contributed by atoms with E-state index < -0.39 is 17.6 Å². The molecule has 0 fully saturated rings. The van der Waals surface area contributed by atoms with Gasteiger partial charge in [-0.2, -0.15) is 13.2 Å². The molecule has 0 atom stereocenters. The lowest BCUT2D eigenvalue weighted by atomic mass is 10.1. The molecule has 2 N–H and O–H groups in total. The Morgan fingerprint density at radius 2 is 1.88 bits per heavy atom. The first kappa shape index (κ1) is 18.0. The van der Waals surface area contributed by atoms with Crippen molar-refractivity contribution in [2.45, 2.75) is 25.6 Å². The highest BCUT2D eigenvalue weighted by Crippen LogP contribution is 2.30. The van der Waals surface area contributed by atoms with Crippen LogP contribution in [0.1, 0.15) is 23.1 Å². The summed E-state index contributed by atoms with van der Waals surface area (Å²) in [5, 5.41) is 3.56. The number of carbonyl (C=O) groups is 1. The van der Waals surface area contributed by atoms with E-state index in [0.29, 0.717) is 12.5 Å². The molecule has 0 aliphatic heterocycles. The van der Waals surface area contributed by atoms with Gasteiger partial charge in [0, 0.05) is 30.1 Å². The summed E-state index contributed by atoms with van der Waals surface area (Å²) in [5.74, 6) is -1.30. The second-order valence-corrected chi connectivity index (χ2v) is 5.98. The van der Waals surface area contributed by atoms with Gasteiger partial charge >= 0.3 is 6.18 Å². The molecule has 0 saturated heterocycles. The molecule has 3 rings (SSSR count). The van der Waals surface area contributed by atoms with Gasteiger partial charge in [-0.3, -0.25) is 4.79 Å². The molecule has 0 saturated carbocycles. The number of rotatable bonds is 5. The molecular formula is C19H16F4N2O. The van der Waals surface area contributed by atoms with Crippen LogP contribution in [-0.4, -0.2) is 10.9 Å². The fourth-order valence-electron chi connectivity index (χ4n) is 2.79. The van der Waals surface area contributed by atoms with Gasteiger partial charge in [0.1, 0.15) is 5.82 Å². The number of benzene rings is 2. The van der Waals surface area contributed by atoms with Gasteiger partial charge in [-0.15, -0.1) is 0 Å². The molecule has 0 bridgehead atoms. The molecule has 0 unspecified atom stereocenters. The number of carbonyl (C=O) groups excluding carboxylic acids is 1. The van der Waals surface area contributed by atoms with E-state index in [9.17, 15) is 22.4 Å². The summed E-state index contributed by atoms with van der Waals surface area (Å²) in [6, 6.07) is 9.94. The summed E-state index contributed by atoms with van der Waals surface area (Å²) in [4.78, 5) is 15.1. The monoisotopic (exact) mass is 364 g/mol. The number of para-hydroxylation sites is 1. The van der Waals surface area contributed by atoms with Crippen molar-refractivity contribution in [3.05, 3.63) is 71.2 Å². The van der Waals surface area contributed by atoms with Crippen molar-refractivity contribution in [3.63, 3.8) is 0 Å². The average Bonchev–Trinajstić information content (AvgIpc) is 3.00. The van der Waals surface area contributed by atoms with Crippen LogP contribution >= 0.6 is 0 Å². The quantitative estimate of drug-likeness (QED) is 0.640. The second kappa shape index (κ2) is 7.19. The predicted octanol–water partition coefficient (Wildman–Crippen LogP) is 4.57. The molecule has 7 heteroatoms. The van der Waals surface area contributed by atoms with Crippen molar-refractivity contribution in [3.8, 4) is 0 Å². The summed E-state index contributed by atoms with van der Waals surface area (Å²) in [6.07, 6.45) is -2.12. The molecule has 0 spiro atoms. The molecule has 0 aliphatic carbocycles. The number of amides is 1. The first-order valence-electron chi connectivity index (χ1n) is 8.01. The van der Waals surface area contributed by atoms with E-state index in [4.69, 9.17) is 0 Å². The Bertz CT molecular complexity index is 931. The lowest BCUT2D eigenvalue weighted by molar-refractivity contribution is -0.137. The Balaban J connectivity index is 1.58. The van der Waals surface area contributed by atoms with Crippen LogP contribution < -0.4 is 5.32 Å². The third-order valence-electron chi connectivity index (χ3n) is 4.07. The van der Waals surface area contributed by atoms with Crippen molar-refractivity contribution in [1.82, 2.24) is 10.3 Å². The van der Waals surface area contributed by atoms with Gasteiger partial charge in [0.05, 0.1) is 5.56 Å². The lowest BCUT2D eigenvalue weighted by Crippen LogP contribution is -2.23. The van der Waals surface area contributed by atoms with Gasteiger partial charge in [-0.05, 0) is 41.8 Å².